The summed E-state index contributed by atoms with van der Waals surface area (Å²) in [6.07, 6.45) is 4.63. The van der Waals surface area contributed by atoms with Crippen molar-refractivity contribution in [1.29, 1.82) is 0 Å². The number of aromatic amines is 1. The number of nitrogens with one attached hydrogen (secondary N) is 2. The molecule has 14 heteroatoms. The lowest BCUT2D eigenvalue weighted by Gasteiger charge is -2.27. The van der Waals surface area contributed by atoms with Crippen LogP contribution in [0.3, 0.4) is 0 Å². The van der Waals surface area contributed by atoms with Gasteiger partial charge in [-0.1, -0.05) is 0 Å². The maximum Gasteiger partial charge on any atom is 0.247 e. The second kappa shape index (κ2) is 11.7. The van der Waals surface area contributed by atoms with E-state index in [-0.39, 0.29) is 24.0 Å². The molecule has 13 nitrogen and oxygen atoms in total. The Balaban J connectivity index is 1.37. The highest BCUT2D eigenvalue weighted by Gasteiger charge is 2.36. The monoisotopic (exact) mass is 548 g/mol. The van der Waals surface area contributed by atoms with Gasteiger partial charge in [0.15, 0.2) is 22.7 Å². The highest BCUT2D eigenvalue weighted by Crippen LogP contribution is 2.34. The maximum atomic E-state index is 12.1. The molecule has 1 saturated carbocycles. The Bertz CT molecular complexity index is 1350. The molecule has 206 valence electrons. The second-order valence-corrected chi connectivity index (χ2v) is 11.1. The number of ether oxygens (including phenoxy) is 5. The first-order chi connectivity index (χ1) is 18.4. The first kappa shape index (κ1) is 26.4. The molecule has 3 heterocycles. The van der Waals surface area contributed by atoms with Gasteiger partial charge in [0, 0.05) is 18.8 Å². The van der Waals surface area contributed by atoms with E-state index in [0.29, 0.717) is 80.8 Å². The van der Waals surface area contributed by atoms with Crippen LogP contribution in [0.15, 0.2) is 24.5 Å². The highest BCUT2D eigenvalue weighted by atomic mass is 32.2. The summed E-state index contributed by atoms with van der Waals surface area (Å²) in [7, 11) is -1.78. The Hall–Kier alpha value is -3.20. The summed E-state index contributed by atoms with van der Waals surface area (Å²) in [6, 6.07) is 5.16. The van der Waals surface area contributed by atoms with Gasteiger partial charge in [-0.15, -0.1) is 0 Å². The van der Waals surface area contributed by atoms with Crippen LogP contribution in [-0.2, 0) is 19.5 Å². The quantitative estimate of drug-likeness (QED) is 0.466. The number of benzene rings is 1. The number of nitrogens with zero attached hydrogens (tertiary/aromatic N) is 4. The molecule has 1 aromatic carbocycles. The molecule has 0 unspecified atom stereocenters. The number of likely N-dealkylation sites (N-methyl/N-ethyl adjacent to an activating group) is 1. The van der Waals surface area contributed by atoms with E-state index in [9.17, 15) is 8.42 Å². The number of hydrogen-bond acceptors (Lipinski definition) is 11. The van der Waals surface area contributed by atoms with E-state index < -0.39 is 10.0 Å². The number of anilines is 2. The Morgan fingerprint density at radius 3 is 2.53 bits per heavy atom. The van der Waals surface area contributed by atoms with E-state index in [2.05, 4.69) is 25.3 Å². The maximum absolute atomic E-state index is 12.1. The molecule has 0 bridgehead atoms. The van der Waals surface area contributed by atoms with Crippen molar-refractivity contribution >= 4 is 32.8 Å². The van der Waals surface area contributed by atoms with Crippen LogP contribution in [0.1, 0.15) is 19.3 Å². The molecule has 1 aliphatic carbocycles. The lowest BCUT2D eigenvalue weighted by Crippen LogP contribution is -2.43. The van der Waals surface area contributed by atoms with Crippen molar-refractivity contribution < 1.29 is 32.1 Å². The third-order valence-corrected chi connectivity index (χ3v) is 7.78. The number of imidazole rings is 1. The van der Waals surface area contributed by atoms with E-state index in [1.165, 1.54) is 16.9 Å². The van der Waals surface area contributed by atoms with Crippen molar-refractivity contribution in [3.63, 3.8) is 0 Å². The van der Waals surface area contributed by atoms with E-state index in [1.54, 1.807) is 19.2 Å². The van der Waals surface area contributed by atoms with Gasteiger partial charge >= 0.3 is 0 Å². The molecule has 3 aromatic rings. The largest absolute Gasteiger partial charge is 0.487 e. The van der Waals surface area contributed by atoms with Gasteiger partial charge in [-0.25, -0.2) is 13.4 Å². The molecule has 38 heavy (non-hydrogen) atoms. The van der Waals surface area contributed by atoms with Crippen LogP contribution in [0.5, 0.6) is 17.4 Å². The van der Waals surface area contributed by atoms with Gasteiger partial charge in [0.05, 0.1) is 45.1 Å². The molecule has 2 aliphatic rings. The zero-order valence-corrected chi connectivity index (χ0v) is 22.2. The van der Waals surface area contributed by atoms with Crippen LogP contribution in [0.25, 0.3) is 11.2 Å². The van der Waals surface area contributed by atoms with Crippen molar-refractivity contribution in [2.45, 2.75) is 31.4 Å². The predicted octanol–water partition coefficient (Wildman–Crippen LogP) is 2.09. The summed E-state index contributed by atoms with van der Waals surface area (Å²) in [5.74, 6) is 1.71. The number of fused-ring (bicyclic) bond motifs is 2. The van der Waals surface area contributed by atoms with Gasteiger partial charge < -0.3 is 34.0 Å². The predicted molar refractivity (Wildman–Crippen MR) is 139 cm³/mol. The van der Waals surface area contributed by atoms with E-state index in [1.807, 2.05) is 6.07 Å². The molecule has 0 radical (unpaired) electrons. The van der Waals surface area contributed by atoms with Crippen molar-refractivity contribution in [1.82, 2.24) is 24.2 Å². The summed E-state index contributed by atoms with van der Waals surface area (Å²) >= 11 is 0. The fourth-order valence-corrected chi connectivity index (χ4v) is 5.22. The summed E-state index contributed by atoms with van der Waals surface area (Å²) in [6.45, 7) is 2.64. The average molecular weight is 549 g/mol. The average Bonchev–Trinajstić information content (AvgIpc) is 3.53. The molecule has 2 N–H and O–H groups in total. The van der Waals surface area contributed by atoms with Crippen LogP contribution in [0.4, 0.5) is 11.6 Å². The van der Waals surface area contributed by atoms with Gasteiger partial charge in [-0.3, -0.25) is 0 Å². The summed E-state index contributed by atoms with van der Waals surface area (Å²) in [4.78, 5) is 16.4. The first-order valence-electron chi connectivity index (χ1n) is 12.5. The lowest BCUT2D eigenvalue weighted by atomic mass is 10.2. The Morgan fingerprint density at radius 2 is 1.76 bits per heavy atom. The van der Waals surface area contributed by atoms with Gasteiger partial charge in [0.2, 0.25) is 21.9 Å². The minimum atomic E-state index is -3.36. The Kier molecular flexibility index (Phi) is 8.12. The van der Waals surface area contributed by atoms with Crippen LogP contribution in [0, 0.1) is 0 Å². The number of rotatable bonds is 6. The zero-order valence-electron chi connectivity index (χ0n) is 21.4. The first-order valence-corrected chi connectivity index (χ1v) is 14.4. The smallest absolute Gasteiger partial charge is 0.247 e. The summed E-state index contributed by atoms with van der Waals surface area (Å²) in [5.41, 5.74) is 1.64. The normalized spacial score (nSPS) is 21.1. The van der Waals surface area contributed by atoms with Crippen molar-refractivity contribution in [2.75, 3.05) is 58.3 Å². The fraction of sp³-hybridized carbons (Fsp3) is 0.542. The van der Waals surface area contributed by atoms with Gasteiger partial charge in [0.1, 0.15) is 19.3 Å². The molecule has 0 spiro atoms. The Labute approximate surface area is 220 Å². The molecule has 0 saturated heterocycles. The Morgan fingerprint density at radius 1 is 1.03 bits per heavy atom. The highest BCUT2D eigenvalue weighted by molar-refractivity contribution is 7.88. The number of H-pyrrole nitrogens is 1. The van der Waals surface area contributed by atoms with Crippen LogP contribution < -0.4 is 19.5 Å². The molecule has 5 rings (SSSR count). The van der Waals surface area contributed by atoms with E-state index in [4.69, 9.17) is 23.7 Å². The van der Waals surface area contributed by atoms with Crippen LogP contribution in [0.2, 0.25) is 0 Å². The number of aromatic nitrogens is 4. The molecular weight excluding hydrogens is 516 g/mol. The fourth-order valence-electron chi connectivity index (χ4n) is 4.49. The van der Waals surface area contributed by atoms with Crippen molar-refractivity contribution in [2.24, 2.45) is 0 Å². The molecule has 1 fully saturated rings. The molecule has 2 atom stereocenters. The standard InChI is InChI=1S/C24H32N6O7S/c1-30(38(2,31)32)17-4-3-5-18(17)37-23-21-22(26-15-25-21)28-24(29-23)27-16-6-7-19-20(14-16)36-13-11-34-9-8-33-10-12-35-19/h6-7,14-15,17-18H,3-5,8-13H2,1-2H3,(H2,25,26,27,28,29)/t17-,18-/m1/s1. The molecular formula is C24H32N6O7S. The minimum absolute atomic E-state index is 0.278. The topological polar surface area (TPSA) is 150 Å². The zero-order chi connectivity index (χ0) is 26.5. The summed E-state index contributed by atoms with van der Waals surface area (Å²) < 4.78 is 54.6. The molecule has 2 aromatic heterocycles. The third-order valence-electron chi connectivity index (χ3n) is 6.46. The number of sulfonamides is 1. The van der Waals surface area contributed by atoms with Crippen molar-refractivity contribution in [3.05, 3.63) is 24.5 Å². The van der Waals surface area contributed by atoms with Gasteiger partial charge in [-0.05, 0) is 31.4 Å². The van der Waals surface area contributed by atoms with E-state index in [0.717, 1.165) is 6.42 Å². The molecule has 0 amide bonds. The summed E-state index contributed by atoms with van der Waals surface area (Å²) in [5, 5.41) is 3.20. The van der Waals surface area contributed by atoms with Crippen LogP contribution >= 0.6 is 0 Å². The van der Waals surface area contributed by atoms with Gasteiger partial charge in [-0.2, -0.15) is 14.3 Å². The lowest BCUT2D eigenvalue weighted by molar-refractivity contribution is 0.0223. The van der Waals surface area contributed by atoms with Crippen molar-refractivity contribution in [3.8, 4) is 17.4 Å². The molecule has 1 aliphatic heterocycles. The second-order valence-electron chi connectivity index (χ2n) is 9.09. The van der Waals surface area contributed by atoms with Crippen LogP contribution in [-0.4, -0.2) is 97.7 Å². The number of hydrogen-bond donors (Lipinski definition) is 2. The van der Waals surface area contributed by atoms with Gasteiger partial charge in [0.25, 0.3) is 0 Å². The minimum Gasteiger partial charge on any atom is -0.487 e. The van der Waals surface area contributed by atoms with E-state index >= 15 is 0 Å². The SMILES string of the molecule is CN([C@@H]1CCC[C@H]1Oc1nc(Nc2ccc3c(c2)OCCOCCOCCO3)nc2[nH]cnc12)S(C)(=O)=O. The third kappa shape index (κ3) is 6.26.